The number of pyridine rings is 1. The number of aromatic nitrogens is 1. The molecule has 0 radical (unpaired) electrons. The number of para-hydroxylation sites is 2. The Labute approximate surface area is 211 Å². The van der Waals surface area contributed by atoms with Crippen LogP contribution in [0.4, 0.5) is 0 Å². The summed E-state index contributed by atoms with van der Waals surface area (Å²) in [5.41, 5.74) is 0.571. The Kier molecular flexibility index (Phi) is 2.91. The molecule has 0 amide bonds. The molecule has 0 saturated carbocycles. The Hall–Kier alpha value is -3.39. The van der Waals surface area contributed by atoms with E-state index in [9.17, 15) is 0 Å². The number of nitrogens with zero attached hydrogens (tertiary/aromatic N) is 1. The maximum absolute atomic E-state index is 8.70. The molecule has 2 aromatic heterocycles. The van der Waals surface area contributed by atoms with Gasteiger partial charge in [0.15, 0.2) is 0 Å². The molecular weight excluding hydrogens is 402 g/mol. The van der Waals surface area contributed by atoms with E-state index >= 15 is 0 Å². The second-order valence-corrected chi connectivity index (χ2v) is 9.22. The molecule has 0 atom stereocenters. The first-order valence-corrected chi connectivity index (χ1v) is 10.7. The first kappa shape index (κ1) is 12.2. The lowest BCUT2D eigenvalue weighted by molar-refractivity contribution is 0.411. The topological polar surface area (TPSA) is 26.0 Å². The summed E-state index contributed by atoms with van der Waals surface area (Å²) in [5, 5.41) is 1.24. The fourth-order valence-electron chi connectivity index (χ4n) is 4.14. The van der Waals surface area contributed by atoms with E-state index < -0.39 is 32.3 Å². The zero-order chi connectivity index (χ0) is 32.6. The van der Waals surface area contributed by atoms with Gasteiger partial charge in [0.25, 0.3) is 0 Å². The van der Waals surface area contributed by atoms with E-state index in [0.717, 1.165) is 0 Å². The Morgan fingerprint density at radius 1 is 0.788 bits per heavy atom. The quantitative estimate of drug-likeness (QED) is 0.278. The van der Waals surface area contributed by atoms with Gasteiger partial charge in [0.1, 0.15) is 11.2 Å². The number of benzene rings is 3. The molecule has 0 unspecified atom stereocenters. The predicted octanol–water partition coefficient (Wildman–Crippen LogP) is 8.83. The predicted molar refractivity (Wildman–Crippen MR) is 140 cm³/mol. The third-order valence-corrected chi connectivity index (χ3v) is 5.53. The Balaban J connectivity index is 1.80. The average molecular weight is 445 g/mol. The van der Waals surface area contributed by atoms with Gasteiger partial charge >= 0.3 is 0 Å². The molecule has 0 aliphatic heterocycles. The van der Waals surface area contributed by atoms with Crippen LogP contribution in [0.15, 0.2) is 71.3 Å². The van der Waals surface area contributed by atoms with Gasteiger partial charge in [-0.3, -0.25) is 4.98 Å². The lowest BCUT2D eigenvalue weighted by atomic mass is 9.86. The minimum Gasteiger partial charge on any atom is -0.455 e. The van der Waals surface area contributed by atoms with Crippen LogP contribution in [0.1, 0.15) is 58.1 Å². The summed E-state index contributed by atoms with van der Waals surface area (Å²) in [5.74, 6) is 0. The zero-order valence-corrected chi connectivity index (χ0v) is 18.7. The Morgan fingerprint density at radius 3 is 2.30 bits per heavy atom. The molecule has 2 nitrogen and oxygen atoms in total. The van der Waals surface area contributed by atoms with Crippen LogP contribution >= 0.6 is 0 Å². The number of hydrogen-bond donors (Lipinski definition) is 0. The minimum absolute atomic E-state index is 0.0566. The van der Waals surface area contributed by atoms with Crippen LogP contribution in [0.25, 0.3) is 44.3 Å². The summed E-state index contributed by atoms with van der Waals surface area (Å²) in [7, 11) is 0. The molecule has 5 rings (SSSR count). The highest BCUT2D eigenvalue weighted by Crippen LogP contribution is 2.38. The number of fused-ring (bicyclic) bond motifs is 3. The average Bonchev–Trinajstić information content (AvgIpc) is 3.29. The molecule has 0 N–H and O–H groups in total. The molecule has 0 aliphatic carbocycles. The third-order valence-electron chi connectivity index (χ3n) is 5.53. The third kappa shape index (κ3) is 3.95. The molecule has 0 fully saturated rings. The van der Waals surface area contributed by atoms with E-state index in [4.69, 9.17) is 19.5 Å². The van der Waals surface area contributed by atoms with Crippen molar-refractivity contribution in [2.45, 2.75) is 47.7 Å². The Bertz CT molecular complexity index is 1890. The maximum atomic E-state index is 8.70. The lowest BCUT2D eigenvalue weighted by Gasteiger charge is -2.19. The fourth-order valence-corrected chi connectivity index (χ4v) is 4.14. The largest absolute Gasteiger partial charge is 0.455 e. The van der Waals surface area contributed by atoms with Gasteiger partial charge < -0.3 is 4.42 Å². The van der Waals surface area contributed by atoms with Crippen LogP contribution in [0.2, 0.25) is 0 Å². The summed E-state index contributed by atoms with van der Waals surface area (Å²) in [6.07, 6.45) is -0.690. The minimum atomic E-state index is -2.70. The first-order chi connectivity index (χ1) is 20.1. The smallest absolute Gasteiger partial charge is 0.144 e. The molecule has 0 saturated heterocycles. The van der Waals surface area contributed by atoms with Gasteiger partial charge in [-0.1, -0.05) is 69.3 Å². The van der Waals surface area contributed by atoms with E-state index in [1.54, 1.807) is 51.1 Å². The summed E-state index contributed by atoms with van der Waals surface area (Å²) >= 11 is 0. The second-order valence-electron chi connectivity index (χ2n) is 9.22. The SMILES string of the molecule is [2H]C([2H])([2H])c1cnc(-c2cccc3c2oc2c(C([2H])([2H])[2H])cccc23)cc1-c1ccc(C([2H])([2H])C(C)(C)C)cc1C([2H])([2H])[2H]. The van der Waals surface area contributed by atoms with Crippen molar-refractivity contribution >= 4 is 21.9 Å². The van der Waals surface area contributed by atoms with Crippen molar-refractivity contribution in [1.29, 1.82) is 0 Å². The standard InChI is InChI=1S/C31H31NO/c1-19-9-7-10-24-25-11-8-12-26(30(25)33-29(19)24)28-16-27(21(3)18-32-28)23-14-13-22(15-20(23)2)17-31(4,5)6/h7-16,18H,17H2,1-6H3/i1D3,2D3,3D3,17D2. The monoisotopic (exact) mass is 444 g/mol. The van der Waals surface area contributed by atoms with Gasteiger partial charge in [-0.15, -0.1) is 0 Å². The van der Waals surface area contributed by atoms with Crippen molar-refractivity contribution in [1.82, 2.24) is 4.98 Å². The molecule has 0 aliphatic rings. The lowest BCUT2D eigenvalue weighted by Crippen LogP contribution is -2.09. The molecule has 2 heterocycles. The van der Waals surface area contributed by atoms with Crippen LogP contribution in [-0.4, -0.2) is 4.98 Å². The molecule has 0 bridgehead atoms. The molecule has 2 heteroatoms. The van der Waals surface area contributed by atoms with Crippen molar-refractivity contribution in [2.24, 2.45) is 5.41 Å². The van der Waals surface area contributed by atoms with Crippen LogP contribution in [0.3, 0.4) is 0 Å². The summed E-state index contributed by atoms with van der Waals surface area (Å²) in [4.78, 5) is 4.44. The maximum Gasteiger partial charge on any atom is 0.144 e. The van der Waals surface area contributed by atoms with Crippen LogP contribution in [0, 0.1) is 26.0 Å². The number of rotatable bonds is 3. The summed E-state index contributed by atoms with van der Waals surface area (Å²) < 4.78 is 96.9. The van der Waals surface area contributed by atoms with E-state index in [1.165, 1.54) is 36.5 Å². The molecular formula is C31H31NO. The zero-order valence-electron chi connectivity index (χ0n) is 29.7. The van der Waals surface area contributed by atoms with E-state index in [0.29, 0.717) is 27.6 Å². The van der Waals surface area contributed by atoms with Crippen molar-refractivity contribution in [3.8, 4) is 22.4 Å². The first-order valence-electron chi connectivity index (χ1n) is 16.2. The second kappa shape index (κ2) is 7.88. The molecule has 166 valence electrons. The van der Waals surface area contributed by atoms with E-state index in [-0.39, 0.29) is 39.0 Å². The molecule has 3 aromatic carbocycles. The van der Waals surface area contributed by atoms with Crippen LogP contribution < -0.4 is 0 Å². The molecule has 0 spiro atoms. The van der Waals surface area contributed by atoms with Crippen molar-refractivity contribution in [3.05, 3.63) is 89.1 Å². The van der Waals surface area contributed by atoms with Crippen LogP contribution in [-0.2, 0) is 6.37 Å². The van der Waals surface area contributed by atoms with Gasteiger partial charge in [-0.05, 0) is 77.9 Å². The number of hydrogen-bond acceptors (Lipinski definition) is 2. The summed E-state index contributed by atoms with van der Waals surface area (Å²) in [6.45, 7) is -2.60. The highest BCUT2D eigenvalue weighted by atomic mass is 16.3. The van der Waals surface area contributed by atoms with Gasteiger partial charge in [0.2, 0.25) is 0 Å². The molecule has 33 heavy (non-hydrogen) atoms. The van der Waals surface area contributed by atoms with Gasteiger partial charge in [0, 0.05) is 37.6 Å². The highest BCUT2D eigenvalue weighted by Gasteiger charge is 2.17. The fraction of sp³-hybridized carbons (Fsp3) is 0.258. The van der Waals surface area contributed by atoms with Crippen LogP contribution in [0.5, 0.6) is 0 Å². The van der Waals surface area contributed by atoms with Crippen molar-refractivity contribution in [2.75, 3.05) is 0 Å². The Morgan fingerprint density at radius 2 is 1.55 bits per heavy atom. The number of furan rings is 1. The van der Waals surface area contributed by atoms with E-state index in [1.807, 2.05) is 0 Å². The number of aryl methyl sites for hydroxylation is 3. The normalized spacial score (nSPS) is 18.6. The van der Waals surface area contributed by atoms with E-state index in [2.05, 4.69) is 4.98 Å². The van der Waals surface area contributed by atoms with Gasteiger partial charge in [0.05, 0.1) is 5.69 Å². The molecule has 5 aromatic rings. The van der Waals surface area contributed by atoms with Gasteiger partial charge in [-0.25, -0.2) is 0 Å². The van der Waals surface area contributed by atoms with Gasteiger partial charge in [-0.2, -0.15) is 0 Å². The van der Waals surface area contributed by atoms with Crippen molar-refractivity contribution in [3.63, 3.8) is 0 Å². The summed E-state index contributed by atoms with van der Waals surface area (Å²) in [6, 6.07) is 15.9. The highest BCUT2D eigenvalue weighted by molar-refractivity contribution is 6.10. The van der Waals surface area contributed by atoms with Crippen molar-refractivity contribution < 1.29 is 19.5 Å².